The van der Waals surface area contributed by atoms with Gasteiger partial charge in [-0.25, -0.2) is 9.59 Å². The average molecular weight is 1260 g/mol. The van der Waals surface area contributed by atoms with E-state index in [9.17, 15) is 43.2 Å². The summed E-state index contributed by atoms with van der Waals surface area (Å²) in [4.78, 5) is 96.9. The number of nitrogens with zero attached hydrogens (tertiary/aromatic N) is 2. The molecule has 0 aliphatic carbocycles. The molecule has 4 unspecified atom stereocenters. The van der Waals surface area contributed by atoms with Crippen molar-refractivity contribution in [1.29, 1.82) is 0 Å². The molecule has 0 heterocycles. The van der Waals surface area contributed by atoms with E-state index >= 15 is 0 Å². The molecule has 7 aromatic rings. The average Bonchev–Trinajstić information content (AvgIpc) is 1.66. The number of carbonyl (C=O) groups is 9. The number of nitrogens with two attached hydrogens (primary N) is 8. The van der Waals surface area contributed by atoms with Crippen LogP contribution < -0.4 is 62.0 Å². The van der Waals surface area contributed by atoms with Gasteiger partial charge in [-0.15, -0.1) is 0 Å². The number of hydrogen-bond acceptors (Lipinski definition) is 15. The maximum atomic E-state index is 12.7. The van der Waals surface area contributed by atoms with Crippen molar-refractivity contribution >= 4 is 93.1 Å². The van der Waals surface area contributed by atoms with E-state index in [1.54, 1.807) is 36.4 Å². The second-order valence-electron chi connectivity index (χ2n) is 20.8. The molecular weight excluding hydrogens is 1170 g/mol. The lowest BCUT2D eigenvalue weighted by Crippen LogP contribution is -2.36. The van der Waals surface area contributed by atoms with Crippen LogP contribution in [0.3, 0.4) is 0 Å². The Hall–Kier alpha value is -11.7. The third kappa shape index (κ3) is 27.6. The number of hydrazone groups is 2. The molecule has 0 aliphatic heterocycles. The molecule has 7 rings (SSSR count). The van der Waals surface area contributed by atoms with Gasteiger partial charge in [0.1, 0.15) is 6.42 Å². The molecule has 7 aromatic carbocycles. The van der Waals surface area contributed by atoms with Gasteiger partial charge in [0.2, 0.25) is 23.2 Å². The van der Waals surface area contributed by atoms with Gasteiger partial charge in [0.05, 0.1) is 22.5 Å². The highest BCUT2D eigenvalue weighted by atomic mass is 16.4. The SMILES string of the molecule is CCC(CCC(C)c1ccc(N)cc1)c1ccccc1.CCC(CCC(C)c1ccc(NC(=O)c2ccc(NN=C(C(N)=O)C(N)=O)cc2)cc1)c1ccccc1.NC(=O)C(=NNc1ccc(C(=O)O)cc1)C(N)=O.NC(=O)CC(N)=O.Nc1ccc(C(=O)O)cc1. The maximum absolute atomic E-state index is 12.7. The second-order valence-corrected chi connectivity index (χ2v) is 20.8. The number of carboxylic acids is 2. The van der Waals surface area contributed by atoms with Crippen LogP contribution in [0.15, 0.2) is 192 Å². The van der Waals surface area contributed by atoms with Crippen LogP contribution in [-0.2, 0) is 28.8 Å². The molecule has 0 fully saturated rings. The number of amides is 7. The molecule has 7 amide bonds. The first-order valence-electron chi connectivity index (χ1n) is 29.0. The van der Waals surface area contributed by atoms with Crippen molar-refractivity contribution in [3.63, 3.8) is 0 Å². The van der Waals surface area contributed by atoms with Crippen molar-refractivity contribution in [2.75, 3.05) is 27.6 Å². The lowest BCUT2D eigenvalue weighted by Gasteiger charge is -2.19. The smallest absolute Gasteiger partial charge is 0.335 e. The summed E-state index contributed by atoms with van der Waals surface area (Å²) < 4.78 is 0. The zero-order valence-electron chi connectivity index (χ0n) is 51.7. The van der Waals surface area contributed by atoms with Crippen LogP contribution in [0.2, 0.25) is 0 Å². The van der Waals surface area contributed by atoms with Gasteiger partial charge in [0.15, 0.2) is 0 Å². The van der Waals surface area contributed by atoms with Gasteiger partial charge in [0, 0.05) is 22.6 Å². The molecule has 92 heavy (non-hydrogen) atoms. The maximum Gasteiger partial charge on any atom is 0.335 e. The number of carbonyl (C=O) groups excluding carboxylic acids is 7. The highest BCUT2D eigenvalue weighted by Crippen LogP contribution is 2.32. The van der Waals surface area contributed by atoms with E-state index in [1.807, 2.05) is 24.3 Å². The summed E-state index contributed by atoms with van der Waals surface area (Å²) in [7, 11) is 0. The van der Waals surface area contributed by atoms with E-state index in [1.165, 1.54) is 77.9 Å². The Bertz CT molecular complexity index is 3550. The van der Waals surface area contributed by atoms with Crippen LogP contribution in [0, 0.1) is 0 Å². The van der Waals surface area contributed by atoms with Gasteiger partial charge >= 0.3 is 11.9 Å². The van der Waals surface area contributed by atoms with Crippen LogP contribution >= 0.6 is 0 Å². The summed E-state index contributed by atoms with van der Waals surface area (Å²) in [5.74, 6) is -5.59. The minimum Gasteiger partial charge on any atom is -0.478 e. The first-order chi connectivity index (χ1) is 43.7. The number of rotatable bonds is 26. The fourth-order valence-electron chi connectivity index (χ4n) is 8.71. The predicted octanol–water partition coefficient (Wildman–Crippen LogP) is 8.54. The van der Waals surface area contributed by atoms with Gasteiger partial charge in [0.25, 0.3) is 29.5 Å². The molecule has 21 N–H and O–H groups in total. The highest BCUT2D eigenvalue weighted by Gasteiger charge is 2.17. The van der Waals surface area contributed by atoms with E-state index < -0.39 is 58.8 Å². The van der Waals surface area contributed by atoms with Gasteiger partial charge in [-0.1, -0.05) is 113 Å². The molecule has 484 valence electrons. The minimum atomic E-state index is -1.07. The fourth-order valence-corrected chi connectivity index (χ4v) is 8.71. The van der Waals surface area contributed by atoms with E-state index in [0.29, 0.717) is 52.0 Å². The number of hydrogen-bond donors (Lipinski definition) is 13. The predicted molar refractivity (Wildman–Crippen MR) is 359 cm³/mol. The topological polar surface area (TPSA) is 463 Å². The lowest BCUT2D eigenvalue weighted by molar-refractivity contribution is -0.126. The molecule has 0 radical (unpaired) electrons. The van der Waals surface area contributed by atoms with Crippen LogP contribution in [0.4, 0.5) is 28.4 Å². The summed E-state index contributed by atoms with van der Waals surface area (Å²) in [6, 6.07) is 55.7. The highest BCUT2D eigenvalue weighted by molar-refractivity contribution is 6.65. The molecule has 4 atom stereocenters. The molecule has 24 nitrogen and oxygen atoms in total. The van der Waals surface area contributed by atoms with Gasteiger partial charge in [-0.2, -0.15) is 10.2 Å². The van der Waals surface area contributed by atoms with Crippen molar-refractivity contribution in [2.45, 2.75) is 96.3 Å². The van der Waals surface area contributed by atoms with Gasteiger partial charge in [-0.3, -0.25) is 44.4 Å². The third-order valence-corrected chi connectivity index (χ3v) is 14.0. The first-order valence-corrected chi connectivity index (χ1v) is 29.0. The lowest BCUT2D eigenvalue weighted by atomic mass is 9.87. The standard InChI is InChI=1S/C29H33N5O3.C19H25N.C10H10N4O4.C7H7NO2.C3H6N2O2/c1-3-20(22-7-5-4-6-8-22)10-9-19(2)21-11-15-24(16-12-21)32-29(37)23-13-17-25(18-14-23)33-34-26(27(30)35)28(31)36;1-3-16(18-7-5-4-6-8-18)10-9-15(2)17-11-13-19(20)14-12-17;11-8(15)7(9(12)16)14-13-6-3-1-5(2-4-6)10(17)18;8-6-3-1-5(2-4-6)7(9)10;4-2(6)1-3(5)7/h4-8,11-20,33H,3,9-10H2,1-2H3,(H2,30,35)(H2,31,36)(H,32,37);4-8,11-16H,3,9-10,20H2,1-2H3;1-4,13H,(H2,11,15)(H2,12,16)(H,17,18);1-4H,8H2,(H,9,10);1H2,(H2,4,6)(H2,5,7). The van der Waals surface area contributed by atoms with E-state index in [4.69, 9.17) is 44.6 Å². The largest absolute Gasteiger partial charge is 0.478 e. The molecule has 0 saturated carbocycles. The summed E-state index contributed by atoms with van der Waals surface area (Å²) >= 11 is 0. The van der Waals surface area contributed by atoms with Gasteiger partial charge in [-0.05, 0) is 182 Å². The van der Waals surface area contributed by atoms with Crippen molar-refractivity contribution in [3.05, 3.63) is 221 Å². The molecule has 0 spiro atoms. The Balaban J connectivity index is 0.000000338. The van der Waals surface area contributed by atoms with Crippen molar-refractivity contribution < 1.29 is 53.4 Å². The number of primary amides is 6. The molecular formula is C68H81N13O11. The number of anilines is 5. The minimum absolute atomic E-state index is 0.0922. The summed E-state index contributed by atoms with van der Waals surface area (Å²) in [5, 5.41) is 27.1. The van der Waals surface area contributed by atoms with Crippen LogP contribution in [0.5, 0.6) is 0 Å². The molecule has 0 aromatic heterocycles. The van der Waals surface area contributed by atoms with E-state index in [2.05, 4.69) is 150 Å². The number of nitrogens with one attached hydrogen (secondary N) is 3. The van der Waals surface area contributed by atoms with Crippen LogP contribution in [-0.4, -0.2) is 74.9 Å². The number of aromatic carboxylic acids is 2. The Morgan fingerprint density at radius 3 is 1.00 bits per heavy atom. The number of carboxylic acid groups (broad SMARTS) is 2. The molecule has 0 saturated heterocycles. The Labute approximate surface area is 533 Å². The van der Waals surface area contributed by atoms with E-state index in [0.717, 1.165) is 24.9 Å². The van der Waals surface area contributed by atoms with Crippen molar-refractivity contribution in [1.82, 2.24) is 0 Å². The summed E-state index contributed by atoms with van der Waals surface area (Å²) in [5.41, 5.74) is 53.0. The van der Waals surface area contributed by atoms with Crippen LogP contribution in [0.25, 0.3) is 0 Å². The summed E-state index contributed by atoms with van der Waals surface area (Å²) in [6.45, 7) is 9.07. The first kappa shape index (κ1) is 74.6. The Morgan fingerprint density at radius 1 is 0.391 bits per heavy atom. The van der Waals surface area contributed by atoms with Crippen molar-refractivity contribution in [2.24, 2.45) is 44.6 Å². The second kappa shape index (κ2) is 39.3. The molecule has 0 bridgehead atoms. The van der Waals surface area contributed by atoms with Gasteiger partial charge < -0.3 is 61.4 Å². The normalized spacial score (nSPS) is 11.3. The zero-order valence-corrected chi connectivity index (χ0v) is 51.7. The Morgan fingerprint density at radius 2 is 0.696 bits per heavy atom. The molecule has 0 aliphatic rings. The van der Waals surface area contributed by atoms with Crippen molar-refractivity contribution in [3.8, 4) is 0 Å². The third-order valence-electron chi connectivity index (χ3n) is 14.0. The number of nitrogen functional groups attached to an aromatic ring is 2. The van der Waals surface area contributed by atoms with Crippen LogP contribution in [0.1, 0.15) is 150 Å². The monoisotopic (exact) mass is 1260 g/mol. The zero-order chi connectivity index (χ0) is 68.3. The number of benzene rings is 7. The molecule has 24 heteroatoms. The quantitative estimate of drug-likeness (QED) is 0.0104. The summed E-state index contributed by atoms with van der Waals surface area (Å²) in [6.07, 6.45) is 6.64. The Kier molecular flexibility index (Phi) is 31.8. The van der Waals surface area contributed by atoms with E-state index in [-0.39, 0.29) is 23.5 Å². The fraction of sp³-hybridized carbons (Fsp3) is 0.221.